The van der Waals surface area contributed by atoms with Crippen molar-refractivity contribution >= 4 is 46.2 Å². The van der Waals surface area contributed by atoms with Crippen molar-refractivity contribution in [3.05, 3.63) is 54.6 Å². The molecule has 31 heavy (non-hydrogen) atoms. The van der Waals surface area contributed by atoms with Gasteiger partial charge in [0.1, 0.15) is 0 Å². The summed E-state index contributed by atoms with van der Waals surface area (Å²) in [5, 5.41) is 0.754. The number of imidazole rings is 1. The lowest BCUT2D eigenvalue weighted by molar-refractivity contribution is -0.122. The van der Waals surface area contributed by atoms with Gasteiger partial charge in [0.2, 0.25) is 11.9 Å². The molecule has 0 radical (unpaired) electrons. The Morgan fingerprint density at radius 3 is 2.42 bits per heavy atom. The highest BCUT2D eigenvalue weighted by atomic mass is 35.5. The molecular formula is C20H22Cl2N6O3. The maximum Gasteiger partial charge on any atom is 0.332 e. The number of rotatable bonds is 4. The highest BCUT2D eigenvalue weighted by molar-refractivity contribution is 6.42. The first-order valence-electron chi connectivity index (χ1n) is 9.83. The summed E-state index contributed by atoms with van der Waals surface area (Å²) in [5.74, 6) is 0.133. The number of fused-ring (bicyclic) bond motifs is 1. The summed E-state index contributed by atoms with van der Waals surface area (Å²) in [6.07, 6.45) is 1.25. The number of hydrogen-bond donors (Lipinski definition) is 1. The Kier molecular flexibility index (Phi) is 5.57. The maximum absolute atomic E-state index is 13.3. The molecule has 1 fully saturated rings. The molecule has 1 aliphatic rings. The van der Waals surface area contributed by atoms with Crippen LogP contribution in [0.2, 0.25) is 10.0 Å². The zero-order valence-corrected chi connectivity index (χ0v) is 18.7. The van der Waals surface area contributed by atoms with Crippen molar-refractivity contribution in [2.24, 2.45) is 25.7 Å². The van der Waals surface area contributed by atoms with Crippen LogP contribution in [0.3, 0.4) is 0 Å². The Balaban J connectivity index is 1.77. The maximum atomic E-state index is 13.3. The molecule has 1 amide bonds. The summed E-state index contributed by atoms with van der Waals surface area (Å²) in [5.41, 5.74) is 5.84. The van der Waals surface area contributed by atoms with Crippen molar-refractivity contribution in [2.45, 2.75) is 19.4 Å². The monoisotopic (exact) mass is 464 g/mol. The van der Waals surface area contributed by atoms with Crippen molar-refractivity contribution in [3.8, 4) is 0 Å². The van der Waals surface area contributed by atoms with Crippen LogP contribution in [0, 0.1) is 5.92 Å². The van der Waals surface area contributed by atoms with E-state index in [9.17, 15) is 14.4 Å². The first kappa shape index (κ1) is 21.5. The molecular weight excluding hydrogens is 443 g/mol. The molecule has 0 aliphatic carbocycles. The molecule has 9 nitrogen and oxygen atoms in total. The summed E-state index contributed by atoms with van der Waals surface area (Å²) < 4.78 is 4.23. The van der Waals surface area contributed by atoms with Crippen LogP contribution in [-0.2, 0) is 25.4 Å². The number of nitrogens with zero attached hydrogens (tertiary/aromatic N) is 5. The van der Waals surface area contributed by atoms with E-state index in [1.807, 2.05) is 4.90 Å². The second kappa shape index (κ2) is 8.05. The normalized spacial score (nSPS) is 15.0. The molecule has 2 aromatic heterocycles. The quantitative estimate of drug-likeness (QED) is 0.628. The smallest absolute Gasteiger partial charge is 0.332 e. The highest BCUT2D eigenvalue weighted by Crippen LogP contribution is 2.25. The number of carbonyl (C=O) groups is 1. The van der Waals surface area contributed by atoms with E-state index in [0.29, 0.717) is 58.7 Å². The summed E-state index contributed by atoms with van der Waals surface area (Å²) in [4.78, 5) is 44.2. The van der Waals surface area contributed by atoms with E-state index in [2.05, 4.69) is 4.98 Å². The number of anilines is 1. The van der Waals surface area contributed by atoms with Crippen LogP contribution in [0.25, 0.3) is 11.2 Å². The lowest BCUT2D eigenvalue weighted by Crippen LogP contribution is -2.40. The molecule has 1 aromatic carbocycles. The summed E-state index contributed by atoms with van der Waals surface area (Å²) in [7, 11) is 3.34. The molecule has 3 aromatic rings. The van der Waals surface area contributed by atoms with Gasteiger partial charge in [-0.15, -0.1) is 0 Å². The number of carbonyl (C=O) groups excluding carboxylic acids is 1. The Bertz CT molecular complexity index is 1300. The van der Waals surface area contributed by atoms with Gasteiger partial charge in [-0.2, -0.15) is 4.98 Å². The fourth-order valence-electron chi connectivity index (χ4n) is 4.04. The lowest BCUT2D eigenvalue weighted by atomic mass is 9.96. The van der Waals surface area contributed by atoms with Gasteiger partial charge in [0.05, 0.1) is 16.6 Å². The number of nitrogens with two attached hydrogens (primary N) is 1. The Labute approximate surface area is 187 Å². The van der Waals surface area contributed by atoms with Gasteiger partial charge in [0.25, 0.3) is 5.56 Å². The van der Waals surface area contributed by atoms with Gasteiger partial charge >= 0.3 is 5.69 Å². The van der Waals surface area contributed by atoms with Crippen LogP contribution in [0.15, 0.2) is 27.8 Å². The number of piperidine rings is 1. The van der Waals surface area contributed by atoms with Crippen LogP contribution >= 0.6 is 23.2 Å². The minimum atomic E-state index is -0.472. The molecule has 0 atom stereocenters. The van der Waals surface area contributed by atoms with Crippen LogP contribution in [-0.4, -0.2) is 37.7 Å². The van der Waals surface area contributed by atoms with Gasteiger partial charge in [0, 0.05) is 33.1 Å². The number of halogens is 2. The minimum absolute atomic E-state index is 0.0584. The van der Waals surface area contributed by atoms with E-state index in [0.717, 1.165) is 4.57 Å². The average molecular weight is 465 g/mol. The lowest BCUT2D eigenvalue weighted by Gasteiger charge is -2.31. The number of aromatic nitrogens is 4. The Hall–Kier alpha value is -2.78. The van der Waals surface area contributed by atoms with E-state index in [1.54, 1.807) is 36.9 Å². The van der Waals surface area contributed by atoms with E-state index in [4.69, 9.17) is 28.9 Å². The van der Waals surface area contributed by atoms with Gasteiger partial charge in [0.15, 0.2) is 11.2 Å². The van der Waals surface area contributed by atoms with Crippen LogP contribution in [0.1, 0.15) is 18.4 Å². The predicted molar refractivity (Wildman–Crippen MR) is 120 cm³/mol. The van der Waals surface area contributed by atoms with Crippen molar-refractivity contribution in [2.75, 3.05) is 18.0 Å². The number of amides is 1. The zero-order valence-electron chi connectivity index (χ0n) is 17.1. The van der Waals surface area contributed by atoms with Crippen molar-refractivity contribution in [1.29, 1.82) is 0 Å². The van der Waals surface area contributed by atoms with Crippen molar-refractivity contribution < 1.29 is 4.79 Å². The van der Waals surface area contributed by atoms with E-state index in [1.165, 1.54) is 4.57 Å². The number of benzene rings is 1. The molecule has 11 heteroatoms. The minimum Gasteiger partial charge on any atom is -0.369 e. The largest absolute Gasteiger partial charge is 0.369 e. The van der Waals surface area contributed by atoms with Gasteiger partial charge in [-0.3, -0.25) is 18.7 Å². The number of hydrogen-bond acceptors (Lipinski definition) is 5. The van der Waals surface area contributed by atoms with Crippen molar-refractivity contribution in [1.82, 2.24) is 18.7 Å². The molecule has 4 rings (SSSR count). The molecule has 2 N–H and O–H groups in total. The average Bonchev–Trinajstić information content (AvgIpc) is 3.09. The third kappa shape index (κ3) is 3.72. The molecule has 0 saturated carbocycles. The van der Waals surface area contributed by atoms with Gasteiger partial charge in [-0.25, -0.2) is 4.79 Å². The molecule has 0 unspecified atom stereocenters. The summed E-state index contributed by atoms with van der Waals surface area (Å²) in [6, 6.07) is 4.99. The third-order valence-corrected chi connectivity index (χ3v) is 6.58. The van der Waals surface area contributed by atoms with E-state index < -0.39 is 11.2 Å². The second-order valence-electron chi connectivity index (χ2n) is 7.79. The van der Waals surface area contributed by atoms with Gasteiger partial charge in [-0.1, -0.05) is 29.3 Å². The zero-order chi connectivity index (χ0) is 22.4. The van der Waals surface area contributed by atoms with Gasteiger partial charge < -0.3 is 15.2 Å². The SMILES string of the molecule is Cn1c(N2CCC(C(N)=O)CC2)nc2c1c(=O)n(Cc1ccc(Cl)c(Cl)c1)c(=O)n2C. The van der Waals surface area contributed by atoms with Crippen LogP contribution in [0.4, 0.5) is 5.95 Å². The van der Waals surface area contributed by atoms with Gasteiger partial charge in [-0.05, 0) is 30.5 Å². The molecule has 0 spiro atoms. The summed E-state index contributed by atoms with van der Waals surface area (Å²) >= 11 is 12.0. The second-order valence-corrected chi connectivity index (χ2v) is 8.60. The highest BCUT2D eigenvalue weighted by Gasteiger charge is 2.27. The first-order chi connectivity index (χ1) is 14.7. The molecule has 0 bridgehead atoms. The topological polar surface area (TPSA) is 108 Å². The standard InChI is InChI=1S/C20H22Cl2N6O3/c1-25-15-17(24-19(25)27-7-5-12(6-8-27)16(23)29)26(2)20(31)28(18(15)30)10-11-3-4-13(21)14(22)9-11/h3-4,9,12H,5-8,10H2,1-2H3,(H2,23,29). The third-order valence-electron chi connectivity index (χ3n) is 5.84. The van der Waals surface area contributed by atoms with Crippen molar-refractivity contribution in [3.63, 3.8) is 0 Å². The van der Waals surface area contributed by atoms with E-state index in [-0.39, 0.29) is 18.4 Å². The molecule has 1 saturated heterocycles. The summed E-state index contributed by atoms with van der Waals surface area (Å²) in [6.45, 7) is 1.25. The van der Waals surface area contributed by atoms with Crippen LogP contribution < -0.4 is 21.9 Å². The number of primary amides is 1. The molecule has 164 valence electrons. The fourth-order valence-corrected chi connectivity index (χ4v) is 4.36. The van der Waals surface area contributed by atoms with Crippen LogP contribution in [0.5, 0.6) is 0 Å². The Morgan fingerprint density at radius 2 is 1.81 bits per heavy atom. The predicted octanol–water partition coefficient (Wildman–Crippen LogP) is 1.49. The number of aryl methyl sites for hydroxylation is 2. The molecule has 3 heterocycles. The van der Waals surface area contributed by atoms with E-state index >= 15 is 0 Å². The molecule has 1 aliphatic heterocycles. The Morgan fingerprint density at radius 1 is 1.13 bits per heavy atom. The fraction of sp³-hybridized carbons (Fsp3) is 0.400. The first-order valence-corrected chi connectivity index (χ1v) is 10.6.